The van der Waals surface area contributed by atoms with Crippen LogP contribution in [0.25, 0.3) is 0 Å². The molecule has 0 aliphatic rings. The van der Waals surface area contributed by atoms with Crippen LogP contribution in [0.1, 0.15) is 27.5 Å². The standard InChI is InChI=1S/C10H11NO4/c1-5-4-6(9(12)13)2-3-7(5)8(11)10(14)15/h2-4,8H,11H2,1H3,(H,12,13)(H,14,15)/t8-/m1/s1. The number of aliphatic carboxylic acids is 1. The van der Waals surface area contributed by atoms with E-state index in [0.29, 0.717) is 11.1 Å². The van der Waals surface area contributed by atoms with Crippen molar-refractivity contribution >= 4 is 11.9 Å². The summed E-state index contributed by atoms with van der Waals surface area (Å²) in [5.41, 5.74) is 6.52. The van der Waals surface area contributed by atoms with Crippen LogP contribution >= 0.6 is 0 Å². The van der Waals surface area contributed by atoms with E-state index in [9.17, 15) is 9.59 Å². The molecule has 5 heteroatoms. The molecule has 1 rings (SSSR count). The Balaban J connectivity index is 3.13. The first-order valence-electron chi connectivity index (χ1n) is 4.25. The van der Waals surface area contributed by atoms with Gasteiger partial charge in [-0.2, -0.15) is 0 Å². The maximum atomic E-state index is 10.6. The van der Waals surface area contributed by atoms with Crippen molar-refractivity contribution in [3.63, 3.8) is 0 Å². The van der Waals surface area contributed by atoms with E-state index >= 15 is 0 Å². The number of carboxylic acids is 2. The highest BCUT2D eigenvalue weighted by molar-refractivity contribution is 5.88. The number of benzene rings is 1. The fraction of sp³-hybridized carbons (Fsp3) is 0.200. The molecule has 0 radical (unpaired) electrons. The van der Waals surface area contributed by atoms with Gasteiger partial charge in [-0.1, -0.05) is 6.07 Å². The van der Waals surface area contributed by atoms with Gasteiger partial charge in [0.15, 0.2) is 0 Å². The molecule has 1 aromatic carbocycles. The number of aromatic carboxylic acids is 1. The maximum Gasteiger partial charge on any atom is 0.335 e. The van der Waals surface area contributed by atoms with Gasteiger partial charge in [0, 0.05) is 0 Å². The van der Waals surface area contributed by atoms with Crippen LogP contribution in [0.3, 0.4) is 0 Å². The molecule has 0 heterocycles. The van der Waals surface area contributed by atoms with E-state index in [0.717, 1.165) is 0 Å². The van der Waals surface area contributed by atoms with Gasteiger partial charge >= 0.3 is 11.9 Å². The van der Waals surface area contributed by atoms with Crippen LogP contribution in [-0.4, -0.2) is 22.2 Å². The average Bonchev–Trinajstić information content (AvgIpc) is 2.16. The zero-order valence-electron chi connectivity index (χ0n) is 8.10. The van der Waals surface area contributed by atoms with Gasteiger partial charge in [-0.05, 0) is 30.2 Å². The normalized spacial score (nSPS) is 12.1. The molecule has 5 nitrogen and oxygen atoms in total. The molecule has 80 valence electrons. The summed E-state index contributed by atoms with van der Waals surface area (Å²) in [7, 11) is 0. The summed E-state index contributed by atoms with van der Waals surface area (Å²) < 4.78 is 0. The lowest BCUT2D eigenvalue weighted by molar-refractivity contribution is -0.138. The zero-order valence-corrected chi connectivity index (χ0v) is 8.10. The first-order valence-corrected chi connectivity index (χ1v) is 4.25. The summed E-state index contributed by atoms with van der Waals surface area (Å²) in [5, 5.41) is 17.4. The molecule has 0 fully saturated rings. The first-order chi connectivity index (χ1) is 6.93. The molecule has 15 heavy (non-hydrogen) atoms. The van der Waals surface area contributed by atoms with E-state index in [1.807, 2.05) is 0 Å². The second-order valence-corrected chi connectivity index (χ2v) is 3.19. The molecular weight excluding hydrogens is 198 g/mol. The quantitative estimate of drug-likeness (QED) is 0.682. The van der Waals surface area contributed by atoms with Crippen molar-refractivity contribution < 1.29 is 19.8 Å². The number of nitrogens with two attached hydrogens (primary N) is 1. The minimum Gasteiger partial charge on any atom is -0.480 e. The Morgan fingerprint density at radius 2 is 1.93 bits per heavy atom. The average molecular weight is 209 g/mol. The van der Waals surface area contributed by atoms with E-state index in [-0.39, 0.29) is 5.56 Å². The van der Waals surface area contributed by atoms with Gasteiger partial charge in [-0.25, -0.2) is 4.79 Å². The number of hydrogen-bond donors (Lipinski definition) is 3. The van der Waals surface area contributed by atoms with Crippen molar-refractivity contribution in [2.24, 2.45) is 5.73 Å². The van der Waals surface area contributed by atoms with Gasteiger partial charge < -0.3 is 15.9 Å². The van der Waals surface area contributed by atoms with Gasteiger partial charge in [0.1, 0.15) is 6.04 Å². The number of aryl methyl sites for hydroxylation is 1. The molecule has 0 saturated heterocycles. The summed E-state index contributed by atoms with van der Waals surface area (Å²) in [6.45, 7) is 1.63. The van der Waals surface area contributed by atoms with Gasteiger partial charge in [0.2, 0.25) is 0 Å². The fourth-order valence-electron chi connectivity index (χ4n) is 1.29. The third-order valence-corrected chi connectivity index (χ3v) is 2.12. The fourth-order valence-corrected chi connectivity index (χ4v) is 1.29. The number of rotatable bonds is 3. The van der Waals surface area contributed by atoms with Crippen LogP contribution in [0.4, 0.5) is 0 Å². The Morgan fingerprint density at radius 1 is 1.33 bits per heavy atom. The molecule has 0 bridgehead atoms. The van der Waals surface area contributed by atoms with Crippen molar-refractivity contribution in [1.82, 2.24) is 0 Å². The second-order valence-electron chi connectivity index (χ2n) is 3.19. The lowest BCUT2D eigenvalue weighted by atomic mass is 9.99. The van der Waals surface area contributed by atoms with Crippen molar-refractivity contribution in [3.8, 4) is 0 Å². The van der Waals surface area contributed by atoms with Crippen LogP contribution in [0.15, 0.2) is 18.2 Å². The molecule has 0 aromatic heterocycles. The van der Waals surface area contributed by atoms with E-state index < -0.39 is 18.0 Å². The molecule has 0 amide bonds. The third kappa shape index (κ3) is 2.32. The molecule has 0 spiro atoms. The Morgan fingerprint density at radius 3 is 2.33 bits per heavy atom. The van der Waals surface area contributed by atoms with Crippen LogP contribution in [0.2, 0.25) is 0 Å². The van der Waals surface area contributed by atoms with Crippen molar-refractivity contribution in [1.29, 1.82) is 0 Å². The smallest absolute Gasteiger partial charge is 0.335 e. The van der Waals surface area contributed by atoms with Gasteiger partial charge in [0.25, 0.3) is 0 Å². The predicted molar refractivity (Wildman–Crippen MR) is 52.7 cm³/mol. The Bertz CT molecular complexity index is 414. The summed E-state index contributed by atoms with van der Waals surface area (Å²) in [5.74, 6) is -2.19. The minimum absolute atomic E-state index is 0.119. The largest absolute Gasteiger partial charge is 0.480 e. The first kappa shape index (κ1) is 11.2. The molecule has 0 unspecified atom stereocenters. The Labute approximate surface area is 86.1 Å². The third-order valence-electron chi connectivity index (χ3n) is 2.12. The molecule has 0 aliphatic heterocycles. The Kier molecular flexibility index (Phi) is 3.06. The van der Waals surface area contributed by atoms with Crippen LogP contribution in [0, 0.1) is 6.92 Å². The molecule has 0 aliphatic carbocycles. The minimum atomic E-state index is -1.14. The number of carboxylic acid groups (broad SMARTS) is 2. The highest BCUT2D eigenvalue weighted by Crippen LogP contribution is 2.17. The number of carbonyl (C=O) groups is 2. The van der Waals surface area contributed by atoms with Crippen LogP contribution in [-0.2, 0) is 4.79 Å². The molecule has 1 atom stereocenters. The van der Waals surface area contributed by atoms with E-state index in [4.69, 9.17) is 15.9 Å². The van der Waals surface area contributed by atoms with Crippen LogP contribution in [0.5, 0.6) is 0 Å². The SMILES string of the molecule is Cc1cc(C(=O)O)ccc1[C@@H](N)C(=O)O. The van der Waals surface area contributed by atoms with Crippen LogP contribution < -0.4 is 5.73 Å². The second kappa shape index (κ2) is 4.10. The van der Waals surface area contributed by atoms with E-state index in [1.54, 1.807) is 6.92 Å². The number of hydrogen-bond acceptors (Lipinski definition) is 3. The lowest BCUT2D eigenvalue weighted by Gasteiger charge is -2.10. The summed E-state index contributed by atoms with van der Waals surface area (Å²) in [6, 6.07) is 3.05. The summed E-state index contributed by atoms with van der Waals surface area (Å²) >= 11 is 0. The molecule has 0 saturated carbocycles. The van der Waals surface area contributed by atoms with Crippen molar-refractivity contribution in [2.75, 3.05) is 0 Å². The van der Waals surface area contributed by atoms with Crippen molar-refractivity contribution in [3.05, 3.63) is 34.9 Å². The zero-order chi connectivity index (χ0) is 11.6. The lowest BCUT2D eigenvalue weighted by Crippen LogP contribution is -2.21. The highest BCUT2D eigenvalue weighted by atomic mass is 16.4. The summed E-state index contributed by atoms with van der Waals surface area (Å²) in [6.07, 6.45) is 0. The van der Waals surface area contributed by atoms with Crippen molar-refractivity contribution in [2.45, 2.75) is 13.0 Å². The maximum absolute atomic E-state index is 10.6. The summed E-state index contributed by atoms with van der Waals surface area (Å²) in [4.78, 5) is 21.3. The van der Waals surface area contributed by atoms with E-state index in [2.05, 4.69) is 0 Å². The topological polar surface area (TPSA) is 101 Å². The predicted octanol–water partition coefficient (Wildman–Crippen LogP) is 0.778. The highest BCUT2D eigenvalue weighted by Gasteiger charge is 2.17. The Hall–Kier alpha value is -1.88. The molecular formula is C10H11NO4. The van der Waals surface area contributed by atoms with Gasteiger partial charge in [0.05, 0.1) is 5.56 Å². The van der Waals surface area contributed by atoms with E-state index in [1.165, 1.54) is 18.2 Å². The van der Waals surface area contributed by atoms with Gasteiger partial charge in [-0.15, -0.1) is 0 Å². The monoisotopic (exact) mass is 209 g/mol. The molecule has 1 aromatic rings. The van der Waals surface area contributed by atoms with Gasteiger partial charge in [-0.3, -0.25) is 4.79 Å². The molecule has 4 N–H and O–H groups in total.